The van der Waals surface area contributed by atoms with Crippen LogP contribution in [0.1, 0.15) is 10.4 Å². The van der Waals surface area contributed by atoms with Crippen LogP contribution in [-0.2, 0) is 0 Å². The van der Waals surface area contributed by atoms with Crippen molar-refractivity contribution in [3.63, 3.8) is 0 Å². The second kappa shape index (κ2) is 3.77. The molecule has 0 spiro atoms. The molecule has 0 heterocycles. The highest BCUT2D eigenvalue weighted by atomic mass is 127. The lowest BCUT2D eigenvalue weighted by molar-refractivity contribution is 0.0695. The first kappa shape index (κ1) is 10.0. The van der Waals surface area contributed by atoms with Crippen molar-refractivity contribution in [3.05, 3.63) is 24.8 Å². The van der Waals surface area contributed by atoms with E-state index in [9.17, 15) is 4.79 Å². The van der Waals surface area contributed by atoms with Crippen LogP contribution in [0.4, 0.5) is 0 Å². The number of halogens is 2. The topological polar surface area (TPSA) is 57.5 Å². The van der Waals surface area contributed by atoms with E-state index in [1.807, 2.05) is 45.2 Å². The lowest BCUT2D eigenvalue weighted by Crippen LogP contribution is -2.00. The van der Waals surface area contributed by atoms with Crippen molar-refractivity contribution >= 4 is 51.2 Å². The van der Waals surface area contributed by atoms with Crippen LogP contribution < -0.4 is 0 Å². The van der Waals surface area contributed by atoms with E-state index in [0.29, 0.717) is 3.57 Å². The zero-order valence-electron chi connectivity index (χ0n) is 5.71. The third-order valence-electron chi connectivity index (χ3n) is 1.24. The zero-order valence-corrected chi connectivity index (χ0v) is 10.0. The second-order valence-corrected chi connectivity index (χ2v) is 4.34. The van der Waals surface area contributed by atoms with E-state index in [2.05, 4.69) is 0 Å². The summed E-state index contributed by atoms with van der Waals surface area (Å²) in [5.74, 6) is -1.04. The molecule has 1 rings (SSSR count). The summed E-state index contributed by atoms with van der Waals surface area (Å²) in [5.41, 5.74) is 0.139. The molecule has 0 unspecified atom stereocenters. The Morgan fingerprint density at radius 1 is 1.33 bits per heavy atom. The molecule has 0 aliphatic rings. The van der Waals surface area contributed by atoms with E-state index in [1.165, 1.54) is 12.1 Å². The van der Waals surface area contributed by atoms with E-state index in [0.717, 1.165) is 3.57 Å². The van der Waals surface area contributed by atoms with E-state index < -0.39 is 5.97 Å². The number of carbonyl (C=O) groups is 1. The Morgan fingerprint density at radius 2 is 1.92 bits per heavy atom. The summed E-state index contributed by atoms with van der Waals surface area (Å²) in [7, 11) is 0. The van der Waals surface area contributed by atoms with Crippen molar-refractivity contribution in [2.45, 2.75) is 0 Å². The van der Waals surface area contributed by atoms with Crippen molar-refractivity contribution < 1.29 is 15.0 Å². The Balaban J connectivity index is 3.37. The summed E-state index contributed by atoms with van der Waals surface area (Å²) in [6, 6.07) is 2.76. The SMILES string of the molecule is O=C(O)c1cc(O)cc(I)c1I. The largest absolute Gasteiger partial charge is 0.508 e. The maximum Gasteiger partial charge on any atom is 0.336 e. The minimum Gasteiger partial charge on any atom is -0.508 e. The summed E-state index contributed by atoms with van der Waals surface area (Å²) in [4.78, 5) is 10.6. The predicted octanol–water partition coefficient (Wildman–Crippen LogP) is 2.30. The van der Waals surface area contributed by atoms with Crippen LogP contribution in [0.3, 0.4) is 0 Å². The normalized spacial score (nSPS) is 9.83. The van der Waals surface area contributed by atoms with Crippen molar-refractivity contribution in [1.29, 1.82) is 0 Å². The zero-order chi connectivity index (χ0) is 9.30. The molecule has 2 N–H and O–H groups in total. The van der Waals surface area contributed by atoms with Crippen LogP contribution in [0.25, 0.3) is 0 Å². The number of phenolic OH excluding ortho intramolecular Hbond substituents is 1. The van der Waals surface area contributed by atoms with Gasteiger partial charge >= 0.3 is 5.97 Å². The van der Waals surface area contributed by atoms with E-state index >= 15 is 0 Å². The Kier molecular flexibility index (Phi) is 3.16. The molecule has 0 atom stereocenters. The van der Waals surface area contributed by atoms with Gasteiger partial charge in [-0.05, 0) is 57.3 Å². The number of aromatic hydroxyl groups is 1. The molecule has 1 aromatic carbocycles. The van der Waals surface area contributed by atoms with Gasteiger partial charge in [0.1, 0.15) is 5.75 Å². The second-order valence-electron chi connectivity index (χ2n) is 2.09. The lowest BCUT2D eigenvalue weighted by atomic mass is 10.2. The average Bonchev–Trinajstić information content (AvgIpc) is 1.96. The molecule has 0 aliphatic carbocycles. The van der Waals surface area contributed by atoms with E-state index in [4.69, 9.17) is 10.2 Å². The summed E-state index contributed by atoms with van der Waals surface area (Å²) in [6.45, 7) is 0. The Labute approximate surface area is 96.1 Å². The van der Waals surface area contributed by atoms with Gasteiger partial charge in [0.25, 0.3) is 0 Å². The molecule has 0 radical (unpaired) electrons. The highest BCUT2D eigenvalue weighted by molar-refractivity contribution is 14.1. The molecule has 0 fully saturated rings. The molecule has 1 aromatic rings. The molecule has 0 bridgehead atoms. The third-order valence-corrected chi connectivity index (χ3v) is 4.29. The van der Waals surface area contributed by atoms with Crippen molar-refractivity contribution in [3.8, 4) is 5.75 Å². The first-order chi connectivity index (χ1) is 5.52. The van der Waals surface area contributed by atoms with Gasteiger partial charge in [-0.15, -0.1) is 0 Å². The minimum atomic E-state index is -1.02. The molecule has 64 valence electrons. The fraction of sp³-hybridized carbons (Fsp3) is 0. The molecule has 3 nitrogen and oxygen atoms in total. The maximum atomic E-state index is 10.6. The van der Waals surface area contributed by atoms with Gasteiger partial charge in [0.15, 0.2) is 0 Å². The molecular formula is C7H4I2O3. The van der Waals surface area contributed by atoms with Crippen LogP contribution in [0.15, 0.2) is 12.1 Å². The standard InChI is InChI=1S/C7H4I2O3/c8-5-2-3(10)1-4(6(5)9)7(11)12/h1-2,10H,(H,11,12). The molecule has 0 saturated heterocycles. The number of aromatic carboxylic acids is 1. The van der Waals surface area contributed by atoms with Crippen molar-refractivity contribution in [1.82, 2.24) is 0 Å². The van der Waals surface area contributed by atoms with E-state index in [1.54, 1.807) is 0 Å². The first-order valence-electron chi connectivity index (χ1n) is 2.93. The average molecular weight is 390 g/mol. The number of carboxylic acid groups (broad SMARTS) is 1. The van der Waals surface area contributed by atoms with Gasteiger partial charge < -0.3 is 10.2 Å². The number of benzene rings is 1. The molecule has 12 heavy (non-hydrogen) atoms. The van der Waals surface area contributed by atoms with Gasteiger partial charge in [-0.25, -0.2) is 4.79 Å². The van der Waals surface area contributed by atoms with Gasteiger partial charge in [0.2, 0.25) is 0 Å². The Morgan fingerprint density at radius 3 is 2.42 bits per heavy atom. The van der Waals surface area contributed by atoms with Gasteiger partial charge in [0.05, 0.1) is 5.56 Å². The lowest BCUT2D eigenvalue weighted by Gasteiger charge is -2.02. The maximum absolute atomic E-state index is 10.6. The van der Waals surface area contributed by atoms with Crippen LogP contribution in [-0.4, -0.2) is 16.2 Å². The van der Waals surface area contributed by atoms with Crippen LogP contribution >= 0.6 is 45.2 Å². The van der Waals surface area contributed by atoms with E-state index in [-0.39, 0.29) is 11.3 Å². The number of hydrogen-bond donors (Lipinski definition) is 2. The smallest absolute Gasteiger partial charge is 0.336 e. The van der Waals surface area contributed by atoms with Gasteiger partial charge in [0, 0.05) is 7.14 Å². The highest BCUT2D eigenvalue weighted by Gasteiger charge is 2.11. The minimum absolute atomic E-state index is 0.0165. The number of phenols is 1. The molecule has 0 aliphatic heterocycles. The quantitative estimate of drug-likeness (QED) is 0.724. The number of rotatable bonds is 1. The number of hydrogen-bond acceptors (Lipinski definition) is 2. The summed E-state index contributed by atoms with van der Waals surface area (Å²) in [6.07, 6.45) is 0. The monoisotopic (exact) mass is 390 g/mol. The van der Waals surface area contributed by atoms with Crippen molar-refractivity contribution in [2.75, 3.05) is 0 Å². The molecule has 0 aromatic heterocycles. The summed E-state index contributed by atoms with van der Waals surface area (Å²) < 4.78 is 1.39. The molecule has 0 saturated carbocycles. The van der Waals surface area contributed by atoms with Crippen LogP contribution in [0, 0.1) is 7.14 Å². The predicted molar refractivity (Wildman–Crippen MR) is 60.5 cm³/mol. The van der Waals surface area contributed by atoms with Crippen LogP contribution in [0.5, 0.6) is 5.75 Å². The van der Waals surface area contributed by atoms with Crippen molar-refractivity contribution in [2.24, 2.45) is 0 Å². The first-order valence-corrected chi connectivity index (χ1v) is 5.09. The fourth-order valence-corrected chi connectivity index (χ4v) is 1.88. The molecule has 0 amide bonds. The van der Waals surface area contributed by atoms with Gasteiger partial charge in [-0.1, -0.05) is 0 Å². The number of carboxylic acids is 1. The van der Waals surface area contributed by atoms with Gasteiger partial charge in [-0.3, -0.25) is 0 Å². The summed E-state index contributed by atoms with van der Waals surface area (Å²) >= 11 is 3.92. The molecular weight excluding hydrogens is 386 g/mol. The third kappa shape index (κ3) is 2.00. The summed E-state index contributed by atoms with van der Waals surface area (Å²) in [5, 5.41) is 17.8. The van der Waals surface area contributed by atoms with Gasteiger partial charge in [-0.2, -0.15) is 0 Å². The Hall–Kier alpha value is -0.0500. The van der Waals surface area contributed by atoms with Crippen LogP contribution in [0.2, 0.25) is 0 Å². The molecule has 5 heteroatoms. The fourth-order valence-electron chi connectivity index (χ4n) is 0.730. The highest BCUT2D eigenvalue weighted by Crippen LogP contribution is 2.24. The Bertz CT molecular complexity index is 336.